The summed E-state index contributed by atoms with van der Waals surface area (Å²) in [4.78, 5) is 29.5. The lowest BCUT2D eigenvalue weighted by atomic mass is 10.2. The zero-order valence-electron chi connectivity index (χ0n) is 14.2. The minimum Gasteiger partial charge on any atom is -0.344 e. The van der Waals surface area contributed by atoms with E-state index >= 15 is 0 Å². The summed E-state index contributed by atoms with van der Waals surface area (Å²) in [5, 5.41) is 3.61. The Hall–Kier alpha value is -3.04. The monoisotopic (exact) mass is 363 g/mol. The number of aromatic nitrogens is 2. The summed E-state index contributed by atoms with van der Waals surface area (Å²) >= 11 is 1.20. The van der Waals surface area contributed by atoms with E-state index in [4.69, 9.17) is 6.42 Å². The van der Waals surface area contributed by atoms with E-state index in [0.29, 0.717) is 21.7 Å². The highest BCUT2D eigenvalue weighted by molar-refractivity contribution is 7.99. The first-order valence-corrected chi connectivity index (χ1v) is 9.00. The van der Waals surface area contributed by atoms with Crippen LogP contribution in [0.15, 0.2) is 58.5 Å². The van der Waals surface area contributed by atoms with Gasteiger partial charge in [0.05, 0.1) is 28.9 Å². The molecule has 1 heterocycles. The summed E-state index contributed by atoms with van der Waals surface area (Å²) in [7, 11) is 0. The van der Waals surface area contributed by atoms with Crippen LogP contribution in [0.2, 0.25) is 0 Å². The molecule has 130 valence electrons. The van der Waals surface area contributed by atoms with Gasteiger partial charge < -0.3 is 5.32 Å². The third-order valence-corrected chi connectivity index (χ3v) is 4.70. The number of amides is 1. The number of benzene rings is 2. The van der Waals surface area contributed by atoms with Crippen molar-refractivity contribution in [2.45, 2.75) is 12.1 Å². The van der Waals surface area contributed by atoms with Crippen molar-refractivity contribution in [3.8, 4) is 18.0 Å². The van der Waals surface area contributed by atoms with Crippen LogP contribution >= 0.6 is 11.8 Å². The third-order valence-electron chi connectivity index (χ3n) is 3.76. The number of hydrogen-bond acceptors (Lipinski definition) is 4. The van der Waals surface area contributed by atoms with E-state index in [1.54, 1.807) is 16.7 Å². The average molecular weight is 363 g/mol. The number of hydrogen-bond donors (Lipinski definition) is 1. The lowest BCUT2D eigenvalue weighted by molar-refractivity contribution is -0.118. The van der Waals surface area contributed by atoms with E-state index in [1.165, 1.54) is 11.8 Å². The van der Waals surface area contributed by atoms with Crippen molar-refractivity contribution >= 4 is 28.6 Å². The number of nitrogens with zero attached hydrogens (tertiary/aromatic N) is 2. The maximum atomic E-state index is 13.0. The zero-order chi connectivity index (χ0) is 18.5. The molecule has 0 radical (unpaired) electrons. The van der Waals surface area contributed by atoms with Crippen LogP contribution in [-0.2, 0) is 4.79 Å². The molecule has 0 bridgehead atoms. The summed E-state index contributed by atoms with van der Waals surface area (Å²) in [5.41, 5.74) is 2.25. The van der Waals surface area contributed by atoms with Gasteiger partial charge in [-0.15, -0.1) is 6.42 Å². The molecular weight excluding hydrogens is 346 g/mol. The quantitative estimate of drug-likeness (QED) is 0.430. The second-order valence-electron chi connectivity index (χ2n) is 5.66. The number of carbonyl (C=O) groups excluding carboxylic acids is 1. The van der Waals surface area contributed by atoms with Gasteiger partial charge in [0, 0.05) is 0 Å². The minimum atomic E-state index is -0.203. The molecule has 0 aliphatic rings. The van der Waals surface area contributed by atoms with Crippen LogP contribution in [0.1, 0.15) is 5.56 Å². The van der Waals surface area contributed by atoms with Gasteiger partial charge in [-0.1, -0.05) is 47.5 Å². The van der Waals surface area contributed by atoms with Gasteiger partial charge in [0.2, 0.25) is 5.91 Å². The summed E-state index contributed by atoms with van der Waals surface area (Å²) in [6.45, 7) is 2.16. The lowest BCUT2D eigenvalue weighted by Crippen LogP contribution is -2.26. The molecule has 1 N–H and O–H groups in total. The van der Waals surface area contributed by atoms with Crippen LogP contribution in [0.25, 0.3) is 16.6 Å². The van der Waals surface area contributed by atoms with Crippen molar-refractivity contribution < 1.29 is 4.79 Å². The second kappa shape index (κ2) is 7.89. The Labute approximate surface area is 155 Å². The SMILES string of the molecule is C#CCNC(=O)CSc1nc2ccccc2c(=O)n1-c1ccc(C)cc1. The summed E-state index contributed by atoms with van der Waals surface area (Å²) < 4.78 is 1.54. The van der Waals surface area contributed by atoms with Crippen molar-refractivity contribution in [2.75, 3.05) is 12.3 Å². The largest absolute Gasteiger partial charge is 0.344 e. The number of nitrogens with one attached hydrogen (secondary N) is 1. The first kappa shape index (κ1) is 17.8. The summed E-state index contributed by atoms with van der Waals surface area (Å²) in [5.74, 6) is 2.28. The first-order chi connectivity index (χ1) is 12.6. The van der Waals surface area contributed by atoms with Crippen molar-refractivity contribution in [1.29, 1.82) is 0 Å². The summed E-state index contributed by atoms with van der Waals surface area (Å²) in [6.07, 6.45) is 5.15. The molecule has 0 saturated heterocycles. The minimum absolute atomic E-state index is 0.123. The van der Waals surface area contributed by atoms with Gasteiger partial charge in [0.25, 0.3) is 5.56 Å². The maximum Gasteiger partial charge on any atom is 0.266 e. The number of carbonyl (C=O) groups is 1. The van der Waals surface area contributed by atoms with Gasteiger partial charge in [0.1, 0.15) is 0 Å². The molecule has 5 nitrogen and oxygen atoms in total. The maximum absolute atomic E-state index is 13.0. The Morgan fingerprint density at radius 2 is 1.96 bits per heavy atom. The molecule has 3 aromatic rings. The Morgan fingerprint density at radius 3 is 2.69 bits per heavy atom. The van der Waals surface area contributed by atoms with Gasteiger partial charge >= 0.3 is 0 Å². The van der Waals surface area contributed by atoms with Crippen molar-refractivity contribution in [3.05, 3.63) is 64.4 Å². The van der Waals surface area contributed by atoms with Gasteiger partial charge in [-0.3, -0.25) is 14.2 Å². The zero-order valence-corrected chi connectivity index (χ0v) is 15.0. The Kier molecular flexibility index (Phi) is 5.40. The highest BCUT2D eigenvalue weighted by atomic mass is 32.2. The van der Waals surface area contributed by atoms with Crippen LogP contribution < -0.4 is 10.9 Å². The fourth-order valence-corrected chi connectivity index (χ4v) is 3.30. The van der Waals surface area contributed by atoms with Crippen LogP contribution in [0, 0.1) is 19.3 Å². The fourth-order valence-electron chi connectivity index (χ4n) is 2.46. The van der Waals surface area contributed by atoms with E-state index in [0.717, 1.165) is 5.56 Å². The number of terminal acetylenes is 1. The first-order valence-electron chi connectivity index (χ1n) is 8.02. The lowest BCUT2D eigenvalue weighted by Gasteiger charge is -2.13. The van der Waals surface area contributed by atoms with Crippen LogP contribution in [0.3, 0.4) is 0 Å². The molecule has 1 aromatic heterocycles. The average Bonchev–Trinajstić information content (AvgIpc) is 2.66. The van der Waals surface area contributed by atoms with E-state index in [1.807, 2.05) is 43.3 Å². The molecule has 0 aliphatic carbocycles. The van der Waals surface area contributed by atoms with Crippen molar-refractivity contribution in [1.82, 2.24) is 14.9 Å². The van der Waals surface area contributed by atoms with Gasteiger partial charge in [-0.25, -0.2) is 4.98 Å². The topological polar surface area (TPSA) is 64.0 Å². The number of thioether (sulfide) groups is 1. The number of fused-ring (bicyclic) bond motifs is 1. The highest BCUT2D eigenvalue weighted by Crippen LogP contribution is 2.21. The van der Waals surface area contributed by atoms with Gasteiger partial charge in [-0.05, 0) is 31.2 Å². The molecule has 3 rings (SSSR count). The van der Waals surface area contributed by atoms with Crippen LogP contribution in [0.5, 0.6) is 0 Å². The van der Waals surface area contributed by atoms with Crippen molar-refractivity contribution in [2.24, 2.45) is 0 Å². The molecule has 0 unspecified atom stereocenters. The number of rotatable bonds is 5. The third kappa shape index (κ3) is 3.79. The standard InChI is InChI=1S/C20H17N3O2S/c1-3-12-21-18(24)13-26-20-22-17-7-5-4-6-16(17)19(25)23(20)15-10-8-14(2)9-11-15/h1,4-11H,12-13H2,2H3,(H,21,24). The smallest absolute Gasteiger partial charge is 0.266 e. The molecule has 26 heavy (non-hydrogen) atoms. The molecule has 6 heteroatoms. The Bertz CT molecular complexity index is 1050. The van der Waals surface area contributed by atoms with Gasteiger partial charge in [0.15, 0.2) is 5.16 Å². The van der Waals surface area contributed by atoms with Crippen LogP contribution in [-0.4, -0.2) is 27.8 Å². The predicted molar refractivity (Wildman–Crippen MR) is 105 cm³/mol. The molecule has 0 aliphatic heterocycles. The molecule has 0 fully saturated rings. The summed E-state index contributed by atoms with van der Waals surface area (Å²) in [6, 6.07) is 14.8. The second-order valence-corrected chi connectivity index (χ2v) is 6.60. The van der Waals surface area contributed by atoms with Gasteiger partial charge in [-0.2, -0.15) is 0 Å². The molecule has 0 spiro atoms. The molecular formula is C20H17N3O2S. The van der Waals surface area contributed by atoms with Crippen molar-refractivity contribution in [3.63, 3.8) is 0 Å². The number of aryl methyl sites for hydroxylation is 1. The van der Waals surface area contributed by atoms with Crippen LogP contribution in [0.4, 0.5) is 0 Å². The molecule has 1 amide bonds. The normalized spacial score (nSPS) is 10.5. The molecule has 2 aromatic carbocycles. The predicted octanol–water partition coefficient (Wildman–Crippen LogP) is 2.54. The van der Waals surface area contributed by atoms with E-state index in [-0.39, 0.29) is 23.8 Å². The van der Waals surface area contributed by atoms with E-state index < -0.39 is 0 Å². The van der Waals surface area contributed by atoms with E-state index in [9.17, 15) is 9.59 Å². The Balaban J connectivity index is 2.06. The fraction of sp³-hybridized carbons (Fsp3) is 0.150. The number of para-hydroxylation sites is 1. The highest BCUT2D eigenvalue weighted by Gasteiger charge is 2.14. The molecule has 0 saturated carbocycles. The Morgan fingerprint density at radius 1 is 1.23 bits per heavy atom. The van der Waals surface area contributed by atoms with E-state index in [2.05, 4.69) is 16.2 Å². The molecule has 0 atom stereocenters.